The van der Waals surface area contributed by atoms with Gasteiger partial charge in [0.25, 0.3) is 0 Å². The lowest BCUT2D eigenvalue weighted by molar-refractivity contribution is 0.628. The minimum atomic E-state index is -0.260. The van der Waals surface area contributed by atoms with Crippen molar-refractivity contribution in [3.8, 4) is 33.6 Å². The molecule has 2 N–H and O–H groups in total. The first-order chi connectivity index (χ1) is 19.2. The van der Waals surface area contributed by atoms with Crippen LogP contribution in [0.3, 0.4) is 0 Å². The topological polar surface area (TPSA) is 70.2 Å². The molecule has 0 radical (unpaired) electrons. The van der Waals surface area contributed by atoms with E-state index in [1.54, 1.807) is 18.3 Å². The van der Waals surface area contributed by atoms with E-state index < -0.39 is 0 Å². The molecule has 7 aromatic rings. The molecule has 0 spiro atoms. The summed E-state index contributed by atoms with van der Waals surface area (Å²) in [5.41, 5.74) is 10.1. The molecule has 4 aromatic heterocycles. The second-order valence-electron chi connectivity index (χ2n) is 9.74. The number of halogens is 1. The van der Waals surface area contributed by atoms with Gasteiger partial charge in [0, 0.05) is 40.5 Å². The predicted molar refractivity (Wildman–Crippen MR) is 154 cm³/mol. The van der Waals surface area contributed by atoms with Crippen molar-refractivity contribution >= 4 is 21.8 Å². The van der Waals surface area contributed by atoms with Crippen LogP contribution in [0.1, 0.15) is 11.1 Å². The Morgan fingerprint density at radius 3 is 2.28 bits per heavy atom. The summed E-state index contributed by atoms with van der Waals surface area (Å²) in [6.07, 6.45) is 9.39. The Hall–Kier alpha value is -5.10. The first-order valence-corrected chi connectivity index (χ1v) is 12.9. The SMILES string of the molecule is Fc1ccc(-c2cncc3[nH]c(-c4n[nH]c5ccc(-c6cncc(CCc7ccccc7)c6)cc45)cc23)cc1. The molecule has 0 unspecified atom stereocenters. The number of nitrogens with zero attached hydrogens (tertiary/aromatic N) is 3. The summed E-state index contributed by atoms with van der Waals surface area (Å²) in [5, 5.41) is 9.84. The third-order valence-corrected chi connectivity index (χ3v) is 7.19. The van der Waals surface area contributed by atoms with E-state index in [0.29, 0.717) is 0 Å². The average Bonchev–Trinajstić information content (AvgIpc) is 3.61. The Morgan fingerprint density at radius 1 is 0.615 bits per heavy atom. The minimum Gasteiger partial charge on any atom is -0.352 e. The van der Waals surface area contributed by atoms with E-state index in [0.717, 1.165) is 68.3 Å². The normalized spacial score (nSPS) is 11.4. The summed E-state index contributed by atoms with van der Waals surface area (Å²) in [7, 11) is 0. The number of nitrogens with one attached hydrogen (secondary N) is 2. The number of aromatic amines is 2. The molecule has 0 aliphatic heterocycles. The van der Waals surface area contributed by atoms with E-state index in [-0.39, 0.29) is 5.82 Å². The number of fused-ring (bicyclic) bond motifs is 2. The smallest absolute Gasteiger partial charge is 0.123 e. The van der Waals surface area contributed by atoms with Gasteiger partial charge in [-0.2, -0.15) is 5.10 Å². The number of benzene rings is 3. The quantitative estimate of drug-likeness (QED) is 0.241. The van der Waals surface area contributed by atoms with Crippen LogP contribution in [0, 0.1) is 5.82 Å². The van der Waals surface area contributed by atoms with Gasteiger partial charge in [0.1, 0.15) is 11.5 Å². The fourth-order valence-corrected chi connectivity index (χ4v) is 5.15. The van der Waals surface area contributed by atoms with Crippen LogP contribution in [-0.4, -0.2) is 25.1 Å². The highest BCUT2D eigenvalue weighted by molar-refractivity contribution is 6.01. The molecular formula is C33H24FN5. The maximum Gasteiger partial charge on any atom is 0.123 e. The van der Waals surface area contributed by atoms with Crippen LogP contribution in [0.4, 0.5) is 4.39 Å². The Balaban J connectivity index is 1.24. The van der Waals surface area contributed by atoms with E-state index >= 15 is 0 Å². The summed E-state index contributed by atoms with van der Waals surface area (Å²) in [5.74, 6) is -0.260. The van der Waals surface area contributed by atoms with Crippen molar-refractivity contribution in [1.29, 1.82) is 0 Å². The molecule has 5 nitrogen and oxygen atoms in total. The maximum absolute atomic E-state index is 13.5. The highest BCUT2D eigenvalue weighted by Gasteiger charge is 2.15. The number of aryl methyl sites for hydroxylation is 2. The second-order valence-corrected chi connectivity index (χ2v) is 9.74. The third-order valence-electron chi connectivity index (χ3n) is 7.19. The molecule has 6 heteroatoms. The molecule has 0 aliphatic carbocycles. The van der Waals surface area contributed by atoms with Crippen LogP contribution in [0.5, 0.6) is 0 Å². The van der Waals surface area contributed by atoms with Gasteiger partial charge >= 0.3 is 0 Å². The number of H-pyrrole nitrogens is 2. The minimum absolute atomic E-state index is 0.260. The second kappa shape index (κ2) is 9.65. The average molecular weight is 510 g/mol. The Morgan fingerprint density at radius 2 is 1.41 bits per heavy atom. The van der Waals surface area contributed by atoms with Gasteiger partial charge in [-0.15, -0.1) is 0 Å². The van der Waals surface area contributed by atoms with Crippen LogP contribution < -0.4 is 0 Å². The number of aromatic nitrogens is 5. The van der Waals surface area contributed by atoms with E-state index in [1.807, 2.05) is 24.7 Å². The van der Waals surface area contributed by atoms with Gasteiger partial charge in [-0.25, -0.2) is 4.39 Å². The lowest BCUT2D eigenvalue weighted by Crippen LogP contribution is -1.93. The lowest BCUT2D eigenvalue weighted by Gasteiger charge is -2.06. The fourth-order valence-electron chi connectivity index (χ4n) is 5.15. The molecule has 3 aromatic carbocycles. The molecule has 0 amide bonds. The Bertz CT molecular complexity index is 1920. The third kappa shape index (κ3) is 4.46. The molecule has 188 valence electrons. The van der Waals surface area contributed by atoms with E-state index in [9.17, 15) is 4.39 Å². The molecule has 39 heavy (non-hydrogen) atoms. The maximum atomic E-state index is 13.5. The van der Waals surface area contributed by atoms with Crippen LogP contribution in [0.25, 0.3) is 55.4 Å². The van der Waals surface area contributed by atoms with E-state index in [2.05, 4.69) is 79.7 Å². The highest BCUT2D eigenvalue weighted by atomic mass is 19.1. The number of hydrogen-bond acceptors (Lipinski definition) is 3. The molecule has 0 atom stereocenters. The molecule has 0 saturated carbocycles. The number of hydrogen-bond donors (Lipinski definition) is 2. The van der Waals surface area contributed by atoms with E-state index in [1.165, 1.54) is 23.3 Å². The first-order valence-electron chi connectivity index (χ1n) is 12.9. The summed E-state index contributed by atoms with van der Waals surface area (Å²) < 4.78 is 13.5. The Labute approximate surface area is 224 Å². The molecule has 0 bridgehead atoms. The van der Waals surface area contributed by atoms with Crippen LogP contribution in [-0.2, 0) is 12.8 Å². The summed E-state index contributed by atoms with van der Waals surface area (Å²) in [6.45, 7) is 0. The van der Waals surface area contributed by atoms with E-state index in [4.69, 9.17) is 0 Å². The van der Waals surface area contributed by atoms with Crippen molar-refractivity contribution in [3.05, 3.63) is 127 Å². The van der Waals surface area contributed by atoms with Gasteiger partial charge in [0.15, 0.2) is 0 Å². The molecule has 0 saturated heterocycles. The predicted octanol–water partition coefficient (Wildman–Crippen LogP) is 7.76. The standard InChI is InChI=1S/C33H24FN5/c34-26-11-8-23(9-12-26)29-19-36-20-32-27(29)16-31(37-32)33-28-15-24(10-13-30(28)38-39-33)25-14-22(17-35-18-25)7-6-21-4-2-1-3-5-21/h1-5,8-20,37H,6-7H2,(H,38,39). The summed E-state index contributed by atoms with van der Waals surface area (Å²) in [4.78, 5) is 12.4. The van der Waals surface area contributed by atoms with Crippen molar-refractivity contribution in [1.82, 2.24) is 25.1 Å². The van der Waals surface area contributed by atoms with Gasteiger partial charge in [0.05, 0.1) is 22.9 Å². The first kappa shape index (κ1) is 23.0. The molecular weight excluding hydrogens is 485 g/mol. The monoisotopic (exact) mass is 509 g/mol. The molecule has 4 heterocycles. The van der Waals surface area contributed by atoms with Crippen molar-refractivity contribution in [2.75, 3.05) is 0 Å². The van der Waals surface area contributed by atoms with Crippen LogP contribution in [0.2, 0.25) is 0 Å². The summed E-state index contributed by atoms with van der Waals surface area (Å²) in [6, 6.07) is 27.6. The van der Waals surface area contributed by atoms with Crippen molar-refractivity contribution in [2.45, 2.75) is 12.8 Å². The lowest BCUT2D eigenvalue weighted by atomic mass is 10.00. The number of rotatable bonds is 6. The van der Waals surface area contributed by atoms with Gasteiger partial charge in [0.2, 0.25) is 0 Å². The van der Waals surface area contributed by atoms with Gasteiger partial charge in [-0.3, -0.25) is 15.1 Å². The van der Waals surface area contributed by atoms with Gasteiger partial charge in [-0.1, -0.05) is 48.5 Å². The molecule has 0 fully saturated rings. The highest BCUT2D eigenvalue weighted by Crippen LogP contribution is 2.35. The fraction of sp³-hybridized carbons (Fsp3) is 0.0606. The van der Waals surface area contributed by atoms with Gasteiger partial charge in [-0.05, 0) is 71.5 Å². The van der Waals surface area contributed by atoms with Crippen LogP contribution >= 0.6 is 0 Å². The van der Waals surface area contributed by atoms with Crippen LogP contribution in [0.15, 0.2) is 110 Å². The van der Waals surface area contributed by atoms with Crippen molar-refractivity contribution in [3.63, 3.8) is 0 Å². The zero-order valence-corrected chi connectivity index (χ0v) is 21.0. The number of pyridine rings is 2. The largest absolute Gasteiger partial charge is 0.352 e. The van der Waals surface area contributed by atoms with Gasteiger partial charge < -0.3 is 4.98 Å². The van der Waals surface area contributed by atoms with Crippen molar-refractivity contribution < 1.29 is 4.39 Å². The molecule has 7 rings (SSSR count). The van der Waals surface area contributed by atoms with Crippen molar-refractivity contribution in [2.24, 2.45) is 0 Å². The zero-order chi connectivity index (χ0) is 26.2. The zero-order valence-electron chi connectivity index (χ0n) is 21.0. The summed E-state index contributed by atoms with van der Waals surface area (Å²) >= 11 is 0. The molecule has 0 aliphatic rings. The Kier molecular flexibility index (Phi) is 5.70.